The van der Waals surface area contributed by atoms with Crippen LogP contribution in [-0.4, -0.2) is 36.8 Å². The van der Waals surface area contributed by atoms with Gasteiger partial charge >= 0.3 is 5.97 Å². The molecular weight excluding hydrogens is 590 g/mol. The first kappa shape index (κ1) is 27.3. The van der Waals surface area contributed by atoms with Gasteiger partial charge in [0.05, 0.1) is 55.1 Å². The molecule has 0 aliphatic carbocycles. The molecule has 1 saturated heterocycles. The topological polar surface area (TPSA) is 93.2 Å². The van der Waals surface area contributed by atoms with Crippen molar-refractivity contribution in [2.75, 3.05) is 23.0 Å². The highest BCUT2D eigenvalue weighted by molar-refractivity contribution is 6.56. The van der Waals surface area contributed by atoms with Gasteiger partial charge < -0.3 is 14.4 Å². The average molecular weight is 608 g/mol. The minimum atomic E-state index is -0.720. The van der Waals surface area contributed by atoms with Gasteiger partial charge in [0.15, 0.2) is 0 Å². The van der Waals surface area contributed by atoms with Gasteiger partial charge in [-0.3, -0.25) is 19.2 Å². The first-order chi connectivity index (χ1) is 18.6. The second-order valence-electron chi connectivity index (χ2n) is 8.67. The van der Waals surface area contributed by atoms with E-state index in [1.54, 1.807) is 24.3 Å². The number of amides is 3. The van der Waals surface area contributed by atoms with Crippen molar-refractivity contribution in [3.05, 3.63) is 79.7 Å². The fourth-order valence-electron chi connectivity index (χ4n) is 4.50. The fraction of sp³-hybridized carbons (Fsp3) is 0.185. The molecule has 3 amide bonds. The van der Waals surface area contributed by atoms with Gasteiger partial charge in [-0.15, -0.1) is 0 Å². The van der Waals surface area contributed by atoms with Gasteiger partial charge in [0, 0.05) is 13.0 Å². The smallest absolute Gasteiger partial charge is 0.316 e. The van der Waals surface area contributed by atoms with E-state index in [1.165, 1.54) is 29.2 Å². The van der Waals surface area contributed by atoms with Crippen molar-refractivity contribution in [1.29, 1.82) is 0 Å². The Morgan fingerprint density at radius 2 is 1.46 bits per heavy atom. The molecule has 0 N–H and O–H groups in total. The van der Waals surface area contributed by atoms with Crippen LogP contribution in [-0.2, 0) is 9.59 Å². The minimum Gasteiger partial charge on any atom is -0.492 e. The largest absolute Gasteiger partial charge is 0.492 e. The summed E-state index contributed by atoms with van der Waals surface area (Å²) in [6.45, 7) is 2.42. The van der Waals surface area contributed by atoms with Crippen LogP contribution < -0.4 is 19.3 Å². The molecule has 0 spiro atoms. The molecule has 1 fully saturated rings. The lowest BCUT2D eigenvalue weighted by Crippen LogP contribution is -2.29. The van der Waals surface area contributed by atoms with Crippen LogP contribution in [0.5, 0.6) is 11.5 Å². The number of fused-ring (bicyclic) bond motifs is 1. The Balaban J connectivity index is 1.30. The number of hydrogen-bond acceptors (Lipinski definition) is 6. The maximum Gasteiger partial charge on any atom is 0.316 e. The second kappa shape index (κ2) is 10.7. The molecule has 5 rings (SSSR count). The Kier molecular flexibility index (Phi) is 7.48. The molecule has 2 aliphatic rings. The zero-order chi connectivity index (χ0) is 28.0. The number of carbonyl (C=O) groups is 4. The van der Waals surface area contributed by atoms with Crippen molar-refractivity contribution in [2.24, 2.45) is 5.92 Å². The second-order valence-corrected chi connectivity index (χ2v) is 10.2. The number of halogens is 4. The summed E-state index contributed by atoms with van der Waals surface area (Å²) in [6, 6.07) is 12.8. The summed E-state index contributed by atoms with van der Waals surface area (Å²) in [5, 5.41) is -0.594. The molecule has 0 unspecified atom stereocenters. The van der Waals surface area contributed by atoms with E-state index in [1.807, 2.05) is 6.92 Å². The van der Waals surface area contributed by atoms with E-state index < -0.39 is 23.7 Å². The number of rotatable bonds is 6. The number of para-hydroxylation sites is 2. The number of anilines is 2. The van der Waals surface area contributed by atoms with Crippen molar-refractivity contribution in [3.63, 3.8) is 0 Å². The number of hydrogen-bond donors (Lipinski definition) is 0. The van der Waals surface area contributed by atoms with Crippen LogP contribution in [0.15, 0.2) is 48.5 Å². The molecule has 2 heterocycles. The maximum absolute atomic E-state index is 13.1. The van der Waals surface area contributed by atoms with E-state index in [0.29, 0.717) is 18.0 Å². The third kappa shape index (κ3) is 4.72. The lowest BCUT2D eigenvalue weighted by molar-refractivity contribution is -0.139. The molecule has 200 valence electrons. The average Bonchev–Trinajstić information content (AvgIpc) is 3.44. The first-order valence-electron chi connectivity index (χ1n) is 11.7. The van der Waals surface area contributed by atoms with Crippen molar-refractivity contribution >= 4 is 81.5 Å². The molecule has 3 aromatic rings. The molecule has 0 radical (unpaired) electrons. The maximum atomic E-state index is 13.1. The summed E-state index contributed by atoms with van der Waals surface area (Å²) in [6.07, 6.45) is -0.0148. The van der Waals surface area contributed by atoms with Gasteiger partial charge in [0.25, 0.3) is 11.8 Å². The summed E-state index contributed by atoms with van der Waals surface area (Å²) < 4.78 is 11.1. The number of nitrogens with zero attached hydrogens (tertiary/aromatic N) is 2. The van der Waals surface area contributed by atoms with Gasteiger partial charge in [0.2, 0.25) is 5.91 Å². The monoisotopic (exact) mass is 606 g/mol. The lowest BCUT2D eigenvalue weighted by Gasteiger charge is -2.20. The molecule has 2 aliphatic heterocycles. The molecule has 0 aromatic heterocycles. The zero-order valence-electron chi connectivity index (χ0n) is 20.2. The zero-order valence-corrected chi connectivity index (χ0v) is 23.2. The molecule has 0 bridgehead atoms. The minimum absolute atomic E-state index is 0.0148. The van der Waals surface area contributed by atoms with E-state index in [9.17, 15) is 19.2 Å². The van der Waals surface area contributed by atoms with E-state index in [0.717, 1.165) is 4.90 Å². The molecule has 39 heavy (non-hydrogen) atoms. The van der Waals surface area contributed by atoms with E-state index in [-0.39, 0.29) is 61.5 Å². The molecule has 0 saturated carbocycles. The van der Waals surface area contributed by atoms with Crippen LogP contribution >= 0.6 is 46.4 Å². The quantitative estimate of drug-likeness (QED) is 0.105. The molecule has 3 aromatic carbocycles. The van der Waals surface area contributed by atoms with Crippen LogP contribution in [0.25, 0.3) is 0 Å². The summed E-state index contributed by atoms with van der Waals surface area (Å²) >= 11 is 24.5. The van der Waals surface area contributed by atoms with Gasteiger partial charge in [-0.1, -0.05) is 58.5 Å². The third-order valence-corrected chi connectivity index (χ3v) is 8.13. The SMILES string of the molecule is CCOc1ccccc1N1C[C@H](C(=O)Oc2ccc(N3C(=O)c4c(Cl)c(Cl)c(Cl)c(Cl)c4C3=O)cc2)CC1=O. The summed E-state index contributed by atoms with van der Waals surface area (Å²) in [4.78, 5) is 54.1. The Labute approximate surface area is 242 Å². The van der Waals surface area contributed by atoms with Gasteiger partial charge in [-0.25, -0.2) is 4.90 Å². The van der Waals surface area contributed by atoms with Crippen LogP contribution in [0.4, 0.5) is 11.4 Å². The van der Waals surface area contributed by atoms with Crippen molar-refractivity contribution < 1.29 is 28.7 Å². The predicted molar refractivity (Wildman–Crippen MR) is 148 cm³/mol. The standard InChI is InChI=1S/C27H18Cl4N2O6/c1-2-38-17-6-4-3-5-16(17)32-12-13(11-18(32)34)27(37)39-15-9-7-14(8-10-15)33-25(35)19-20(26(33)36)22(29)24(31)23(30)21(19)28/h3-10,13H,2,11-12H2,1H3/t13-/m1/s1. The van der Waals surface area contributed by atoms with Gasteiger partial charge in [-0.2, -0.15) is 0 Å². The van der Waals surface area contributed by atoms with Crippen LogP contribution in [0.2, 0.25) is 20.1 Å². The van der Waals surface area contributed by atoms with Gasteiger partial charge in [-0.05, 0) is 43.3 Å². The number of esters is 1. The Morgan fingerprint density at radius 1 is 0.872 bits per heavy atom. The highest BCUT2D eigenvalue weighted by Crippen LogP contribution is 2.45. The Morgan fingerprint density at radius 3 is 2.05 bits per heavy atom. The normalized spacial score (nSPS) is 16.6. The third-order valence-electron chi connectivity index (χ3n) is 6.33. The number of imide groups is 1. The summed E-state index contributed by atoms with van der Waals surface area (Å²) in [5.74, 6) is -2.22. The fourth-order valence-corrected chi connectivity index (χ4v) is 5.52. The van der Waals surface area contributed by atoms with E-state index in [2.05, 4.69) is 0 Å². The van der Waals surface area contributed by atoms with Crippen molar-refractivity contribution in [3.8, 4) is 11.5 Å². The van der Waals surface area contributed by atoms with Gasteiger partial charge in [0.1, 0.15) is 11.5 Å². The van der Waals surface area contributed by atoms with E-state index >= 15 is 0 Å². The highest BCUT2D eigenvalue weighted by Gasteiger charge is 2.42. The Bertz CT molecular complexity index is 1500. The molecule has 12 heteroatoms. The molecule has 8 nitrogen and oxygen atoms in total. The summed E-state index contributed by atoms with van der Waals surface area (Å²) in [5.41, 5.74) is 0.499. The molecular formula is C27H18Cl4N2O6. The van der Waals surface area contributed by atoms with Crippen molar-refractivity contribution in [1.82, 2.24) is 0 Å². The molecule has 1 atom stereocenters. The van der Waals surface area contributed by atoms with E-state index in [4.69, 9.17) is 55.9 Å². The lowest BCUT2D eigenvalue weighted by atomic mass is 10.1. The van der Waals surface area contributed by atoms with Crippen LogP contribution in [0, 0.1) is 5.92 Å². The van der Waals surface area contributed by atoms with Crippen LogP contribution in [0.3, 0.4) is 0 Å². The highest BCUT2D eigenvalue weighted by atomic mass is 35.5. The number of carbonyl (C=O) groups excluding carboxylic acids is 4. The van der Waals surface area contributed by atoms with Crippen LogP contribution in [0.1, 0.15) is 34.1 Å². The number of benzene rings is 3. The first-order valence-corrected chi connectivity index (χ1v) is 13.2. The van der Waals surface area contributed by atoms with Crippen molar-refractivity contribution in [2.45, 2.75) is 13.3 Å². The Hall–Kier alpha value is -3.30. The summed E-state index contributed by atoms with van der Waals surface area (Å²) in [7, 11) is 0. The predicted octanol–water partition coefficient (Wildman–Crippen LogP) is 6.46. The number of ether oxygens (including phenoxy) is 2.